The molecule has 0 spiro atoms. The second-order valence-corrected chi connectivity index (χ2v) is 4.60. The number of hydrogen-bond acceptors (Lipinski definition) is 4. The van der Waals surface area contributed by atoms with Crippen LogP contribution in [0, 0.1) is 6.92 Å². The van der Waals surface area contributed by atoms with Gasteiger partial charge in [0.2, 0.25) is 0 Å². The Morgan fingerprint density at radius 2 is 1.76 bits per heavy atom. The van der Waals surface area contributed by atoms with Crippen LogP contribution in [0.25, 0.3) is 6.08 Å². The van der Waals surface area contributed by atoms with E-state index in [1.165, 1.54) is 25.3 Å². The summed E-state index contributed by atoms with van der Waals surface area (Å²) in [6.07, 6.45) is 2.99. The second kappa shape index (κ2) is 6.13. The molecule has 0 amide bonds. The van der Waals surface area contributed by atoms with E-state index in [0.29, 0.717) is 22.4 Å². The average molecular weight is 284 g/mol. The third-order valence-electron chi connectivity index (χ3n) is 3.13. The molecule has 0 aliphatic heterocycles. The molecule has 0 bridgehead atoms. The van der Waals surface area contributed by atoms with Gasteiger partial charge >= 0.3 is 0 Å². The minimum absolute atomic E-state index is 0.0664. The third kappa shape index (κ3) is 3.23. The lowest BCUT2D eigenvalue weighted by Crippen LogP contribution is -1.94. The lowest BCUT2D eigenvalue weighted by atomic mass is 10.1. The molecule has 0 aliphatic rings. The van der Waals surface area contributed by atoms with Gasteiger partial charge in [-0.3, -0.25) is 4.79 Å². The molecular weight excluding hydrogens is 268 g/mol. The zero-order valence-electron chi connectivity index (χ0n) is 11.8. The Labute approximate surface area is 122 Å². The summed E-state index contributed by atoms with van der Waals surface area (Å²) in [6.45, 7) is 1.77. The molecule has 4 heteroatoms. The van der Waals surface area contributed by atoms with Gasteiger partial charge in [0.25, 0.3) is 0 Å². The highest BCUT2D eigenvalue weighted by Gasteiger charge is 2.09. The van der Waals surface area contributed by atoms with E-state index in [-0.39, 0.29) is 17.3 Å². The van der Waals surface area contributed by atoms with E-state index in [1.54, 1.807) is 37.3 Å². The number of hydrogen-bond donors (Lipinski definition) is 2. The average Bonchev–Trinajstić information content (AvgIpc) is 2.49. The van der Waals surface area contributed by atoms with Crippen LogP contribution in [0.4, 0.5) is 0 Å². The molecule has 4 nitrogen and oxygen atoms in total. The van der Waals surface area contributed by atoms with Gasteiger partial charge in [0.1, 0.15) is 5.75 Å². The van der Waals surface area contributed by atoms with Crippen LogP contribution in [0.2, 0.25) is 0 Å². The molecule has 0 fully saturated rings. The number of methoxy groups -OCH3 is 1. The van der Waals surface area contributed by atoms with Crippen molar-refractivity contribution in [3.05, 3.63) is 59.2 Å². The summed E-state index contributed by atoms with van der Waals surface area (Å²) in [5, 5.41) is 19.1. The van der Waals surface area contributed by atoms with Crippen LogP contribution < -0.4 is 4.74 Å². The fourth-order valence-corrected chi connectivity index (χ4v) is 1.92. The van der Waals surface area contributed by atoms with Crippen molar-refractivity contribution in [1.82, 2.24) is 0 Å². The van der Waals surface area contributed by atoms with E-state index in [1.807, 2.05) is 0 Å². The first kappa shape index (κ1) is 14.7. The van der Waals surface area contributed by atoms with Crippen molar-refractivity contribution in [3.8, 4) is 17.2 Å². The minimum Gasteiger partial charge on any atom is -0.508 e. The molecule has 0 heterocycles. The van der Waals surface area contributed by atoms with Crippen LogP contribution >= 0.6 is 0 Å². The Hall–Kier alpha value is -2.75. The predicted octanol–water partition coefficient (Wildman–Crippen LogP) is 3.31. The van der Waals surface area contributed by atoms with Crippen molar-refractivity contribution in [1.29, 1.82) is 0 Å². The molecule has 0 atom stereocenters. The van der Waals surface area contributed by atoms with E-state index in [4.69, 9.17) is 4.74 Å². The second-order valence-electron chi connectivity index (χ2n) is 4.60. The number of rotatable bonds is 4. The van der Waals surface area contributed by atoms with Gasteiger partial charge in [-0.05, 0) is 48.9 Å². The molecule has 2 N–H and O–H groups in total. The normalized spacial score (nSPS) is 10.8. The maximum Gasteiger partial charge on any atom is 0.185 e. The van der Waals surface area contributed by atoms with E-state index in [0.717, 1.165) is 0 Å². The molecule has 0 aliphatic carbocycles. The molecule has 0 saturated carbocycles. The summed E-state index contributed by atoms with van der Waals surface area (Å²) in [5.41, 5.74) is 1.79. The fourth-order valence-electron chi connectivity index (χ4n) is 1.92. The number of ketones is 1. The quantitative estimate of drug-likeness (QED) is 0.667. The molecule has 108 valence electrons. The summed E-state index contributed by atoms with van der Waals surface area (Å²) in [5.74, 6) is 0.319. The Balaban J connectivity index is 2.27. The summed E-state index contributed by atoms with van der Waals surface area (Å²) in [4.78, 5) is 12.0. The largest absolute Gasteiger partial charge is 0.508 e. The van der Waals surface area contributed by atoms with Gasteiger partial charge in [-0.25, -0.2) is 0 Å². The van der Waals surface area contributed by atoms with Gasteiger partial charge in [-0.1, -0.05) is 12.1 Å². The van der Waals surface area contributed by atoms with Crippen molar-refractivity contribution in [3.63, 3.8) is 0 Å². The van der Waals surface area contributed by atoms with Gasteiger partial charge in [0, 0.05) is 11.1 Å². The fraction of sp³-hybridized carbons (Fsp3) is 0.118. The zero-order chi connectivity index (χ0) is 15.4. The standard InChI is InChI=1S/C17H16O4/c1-11-3-4-13(17(21-2)16(11)20)7-10-15(19)12-5-8-14(18)9-6-12/h3-10,18,20H,1-2H3/b10-7+. The predicted molar refractivity (Wildman–Crippen MR) is 80.9 cm³/mol. The summed E-state index contributed by atoms with van der Waals surface area (Å²) >= 11 is 0. The lowest BCUT2D eigenvalue weighted by molar-refractivity contribution is 0.104. The zero-order valence-corrected chi connectivity index (χ0v) is 11.8. The van der Waals surface area contributed by atoms with Crippen molar-refractivity contribution in [2.24, 2.45) is 0 Å². The number of aromatic hydroxyl groups is 2. The molecule has 2 rings (SSSR count). The van der Waals surface area contributed by atoms with Gasteiger partial charge < -0.3 is 14.9 Å². The number of phenols is 2. The third-order valence-corrected chi connectivity index (χ3v) is 3.13. The number of aryl methyl sites for hydroxylation is 1. The summed E-state index contributed by atoms with van der Waals surface area (Å²) in [7, 11) is 1.47. The molecule has 0 saturated heterocycles. The Bertz CT molecular complexity index is 685. The first-order chi connectivity index (χ1) is 10.0. The number of carbonyl (C=O) groups excluding carboxylic acids is 1. The van der Waals surface area contributed by atoms with Crippen LogP contribution in [0.15, 0.2) is 42.5 Å². The maximum absolute atomic E-state index is 12.0. The summed E-state index contributed by atoms with van der Waals surface area (Å²) < 4.78 is 5.17. The molecule has 2 aromatic rings. The number of ether oxygens (including phenoxy) is 1. The SMILES string of the molecule is COc1c(/C=C/C(=O)c2ccc(O)cc2)ccc(C)c1O. The summed E-state index contributed by atoms with van der Waals surface area (Å²) in [6, 6.07) is 9.54. The Morgan fingerprint density at radius 1 is 1.10 bits per heavy atom. The molecular formula is C17H16O4. The number of benzene rings is 2. The van der Waals surface area contributed by atoms with Crippen LogP contribution in [-0.4, -0.2) is 23.1 Å². The monoisotopic (exact) mass is 284 g/mol. The van der Waals surface area contributed by atoms with Gasteiger partial charge in [-0.15, -0.1) is 0 Å². The Kier molecular flexibility index (Phi) is 4.28. The smallest absolute Gasteiger partial charge is 0.185 e. The van der Waals surface area contributed by atoms with Gasteiger partial charge in [0.15, 0.2) is 17.3 Å². The van der Waals surface area contributed by atoms with E-state index in [2.05, 4.69) is 0 Å². The molecule has 21 heavy (non-hydrogen) atoms. The van der Waals surface area contributed by atoms with Crippen LogP contribution in [0.3, 0.4) is 0 Å². The topological polar surface area (TPSA) is 66.8 Å². The van der Waals surface area contributed by atoms with Crippen LogP contribution in [0.1, 0.15) is 21.5 Å². The molecule has 0 unspecified atom stereocenters. The highest BCUT2D eigenvalue weighted by atomic mass is 16.5. The highest BCUT2D eigenvalue weighted by molar-refractivity contribution is 6.07. The maximum atomic E-state index is 12.0. The number of phenolic OH excluding ortho intramolecular Hbond substituents is 2. The highest BCUT2D eigenvalue weighted by Crippen LogP contribution is 2.33. The van der Waals surface area contributed by atoms with Crippen molar-refractivity contribution in [2.75, 3.05) is 7.11 Å². The van der Waals surface area contributed by atoms with Crippen molar-refractivity contribution in [2.45, 2.75) is 6.92 Å². The minimum atomic E-state index is -0.197. The first-order valence-corrected chi connectivity index (χ1v) is 6.41. The lowest BCUT2D eigenvalue weighted by Gasteiger charge is -2.09. The Morgan fingerprint density at radius 3 is 2.38 bits per heavy atom. The number of allylic oxidation sites excluding steroid dienone is 1. The first-order valence-electron chi connectivity index (χ1n) is 6.41. The number of carbonyl (C=O) groups is 1. The van der Waals surface area contributed by atoms with Crippen LogP contribution in [0.5, 0.6) is 17.2 Å². The van der Waals surface area contributed by atoms with Crippen LogP contribution in [-0.2, 0) is 0 Å². The molecule has 0 radical (unpaired) electrons. The van der Waals surface area contributed by atoms with E-state index < -0.39 is 0 Å². The van der Waals surface area contributed by atoms with E-state index in [9.17, 15) is 15.0 Å². The van der Waals surface area contributed by atoms with Crippen molar-refractivity contribution < 1.29 is 19.7 Å². The van der Waals surface area contributed by atoms with E-state index >= 15 is 0 Å². The van der Waals surface area contributed by atoms with Crippen molar-refractivity contribution >= 4 is 11.9 Å². The van der Waals surface area contributed by atoms with Gasteiger partial charge in [0.05, 0.1) is 7.11 Å². The molecule has 0 aromatic heterocycles. The molecule has 2 aromatic carbocycles. The van der Waals surface area contributed by atoms with Gasteiger partial charge in [-0.2, -0.15) is 0 Å².